The number of piperidine rings is 1. The van der Waals surface area contributed by atoms with Gasteiger partial charge in [0, 0.05) is 18.5 Å². The van der Waals surface area contributed by atoms with Crippen LogP contribution in [0.15, 0.2) is 48.5 Å². The summed E-state index contributed by atoms with van der Waals surface area (Å²) in [6, 6.07) is 17.2. The molecule has 1 N–H and O–H groups in total. The van der Waals surface area contributed by atoms with E-state index in [1.165, 1.54) is 36.8 Å². The molecule has 0 aromatic heterocycles. The van der Waals surface area contributed by atoms with Crippen LogP contribution in [-0.2, 0) is 12.0 Å². The van der Waals surface area contributed by atoms with E-state index in [9.17, 15) is 0 Å². The quantitative estimate of drug-likeness (QED) is 0.703. The number of hydrogen-bond donors (Lipinski definition) is 1. The first-order valence-electron chi connectivity index (χ1n) is 10.3. The molecule has 3 rings (SSSR count). The third-order valence-electron chi connectivity index (χ3n) is 5.96. The summed E-state index contributed by atoms with van der Waals surface area (Å²) in [4.78, 5) is 2.42. The molecule has 0 amide bonds. The van der Waals surface area contributed by atoms with Crippen LogP contribution >= 0.6 is 0 Å². The molecule has 4 nitrogen and oxygen atoms in total. The number of methoxy groups -OCH3 is 2. The monoisotopic (exact) mass is 382 g/mol. The third-order valence-corrected chi connectivity index (χ3v) is 5.96. The van der Waals surface area contributed by atoms with Crippen LogP contribution in [0.25, 0.3) is 0 Å². The highest BCUT2D eigenvalue weighted by Crippen LogP contribution is 2.39. The average Bonchev–Trinajstić information content (AvgIpc) is 2.74. The summed E-state index contributed by atoms with van der Waals surface area (Å²) in [5.41, 5.74) is 2.91. The standard InChI is InChI=1S/C24H34N2O2/c1-26(18-20-9-5-4-6-10-20)16-8-14-24(13-7-15-25-19-24)21-11-12-22(27-2)23(17-21)28-3/h4-6,9-12,17,25H,7-8,13-16,18-19H2,1-3H3. The first-order chi connectivity index (χ1) is 13.7. The highest BCUT2D eigenvalue weighted by atomic mass is 16.5. The van der Waals surface area contributed by atoms with E-state index in [-0.39, 0.29) is 5.41 Å². The van der Waals surface area contributed by atoms with Gasteiger partial charge < -0.3 is 19.7 Å². The largest absolute Gasteiger partial charge is 0.493 e. The first-order valence-corrected chi connectivity index (χ1v) is 10.3. The Bertz CT molecular complexity index is 727. The summed E-state index contributed by atoms with van der Waals surface area (Å²) in [6.45, 7) is 4.25. The molecule has 152 valence electrons. The van der Waals surface area contributed by atoms with Crippen molar-refractivity contribution in [2.45, 2.75) is 37.6 Å². The molecular formula is C24H34N2O2. The van der Waals surface area contributed by atoms with Crippen molar-refractivity contribution in [3.8, 4) is 11.5 Å². The van der Waals surface area contributed by atoms with Gasteiger partial charge in [-0.05, 0) is 69.1 Å². The lowest BCUT2D eigenvalue weighted by Gasteiger charge is -2.39. The molecule has 1 saturated heterocycles. The molecule has 1 aliphatic heterocycles. The molecule has 1 aliphatic rings. The van der Waals surface area contributed by atoms with Crippen molar-refractivity contribution >= 4 is 0 Å². The highest BCUT2D eigenvalue weighted by Gasteiger charge is 2.34. The smallest absolute Gasteiger partial charge is 0.161 e. The summed E-state index contributed by atoms with van der Waals surface area (Å²) < 4.78 is 11.0. The van der Waals surface area contributed by atoms with Crippen molar-refractivity contribution < 1.29 is 9.47 Å². The maximum Gasteiger partial charge on any atom is 0.161 e. The second-order valence-electron chi connectivity index (χ2n) is 7.96. The van der Waals surface area contributed by atoms with Crippen LogP contribution in [0.2, 0.25) is 0 Å². The number of nitrogens with one attached hydrogen (secondary N) is 1. The second-order valence-corrected chi connectivity index (χ2v) is 7.96. The van der Waals surface area contributed by atoms with Gasteiger partial charge in [-0.1, -0.05) is 36.4 Å². The lowest BCUT2D eigenvalue weighted by Crippen LogP contribution is -2.43. The molecule has 0 aliphatic carbocycles. The fourth-order valence-electron chi connectivity index (χ4n) is 4.40. The van der Waals surface area contributed by atoms with Gasteiger partial charge >= 0.3 is 0 Å². The van der Waals surface area contributed by atoms with E-state index in [0.717, 1.165) is 37.7 Å². The fraction of sp³-hybridized carbons (Fsp3) is 0.500. The molecule has 4 heteroatoms. The SMILES string of the molecule is COc1ccc(C2(CCCN(C)Cc3ccccc3)CCCNC2)cc1OC. The highest BCUT2D eigenvalue weighted by molar-refractivity contribution is 5.45. The minimum Gasteiger partial charge on any atom is -0.493 e. The Labute approximate surface area is 169 Å². The summed E-state index contributed by atoms with van der Waals surface area (Å²) in [5.74, 6) is 1.62. The Balaban J connectivity index is 1.66. The van der Waals surface area contributed by atoms with Gasteiger partial charge in [-0.25, -0.2) is 0 Å². The average molecular weight is 383 g/mol. The molecule has 0 radical (unpaired) electrons. The van der Waals surface area contributed by atoms with Crippen molar-refractivity contribution in [1.29, 1.82) is 0 Å². The van der Waals surface area contributed by atoms with E-state index >= 15 is 0 Å². The van der Waals surface area contributed by atoms with Gasteiger partial charge in [0.2, 0.25) is 0 Å². The third kappa shape index (κ3) is 5.06. The van der Waals surface area contributed by atoms with Crippen LogP contribution in [-0.4, -0.2) is 45.8 Å². The predicted molar refractivity (Wildman–Crippen MR) is 115 cm³/mol. The fourth-order valence-corrected chi connectivity index (χ4v) is 4.40. The van der Waals surface area contributed by atoms with Gasteiger partial charge in [0.1, 0.15) is 0 Å². The van der Waals surface area contributed by atoms with E-state index in [1.807, 2.05) is 6.07 Å². The zero-order valence-electron chi connectivity index (χ0n) is 17.5. The second kappa shape index (κ2) is 9.94. The topological polar surface area (TPSA) is 33.7 Å². The lowest BCUT2D eigenvalue weighted by molar-refractivity contribution is 0.254. The van der Waals surface area contributed by atoms with Gasteiger partial charge in [-0.3, -0.25) is 0 Å². The summed E-state index contributed by atoms with van der Waals surface area (Å²) >= 11 is 0. The number of hydrogen-bond acceptors (Lipinski definition) is 4. The lowest BCUT2D eigenvalue weighted by atomic mass is 9.71. The van der Waals surface area contributed by atoms with Crippen molar-refractivity contribution in [2.75, 3.05) is 40.9 Å². The van der Waals surface area contributed by atoms with Gasteiger partial charge in [-0.15, -0.1) is 0 Å². The van der Waals surface area contributed by atoms with E-state index in [4.69, 9.17) is 9.47 Å². The molecule has 1 fully saturated rings. The number of ether oxygens (including phenoxy) is 2. The van der Waals surface area contributed by atoms with E-state index < -0.39 is 0 Å². The molecule has 0 spiro atoms. The van der Waals surface area contributed by atoms with Crippen LogP contribution < -0.4 is 14.8 Å². The Morgan fingerprint density at radius 2 is 1.82 bits per heavy atom. The van der Waals surface area contributed by atoms with E-state index in [2.05, 4.69) is 59.7 Å². The Morgan fingerprint density at radius 1 is 1.04 bits per heavy atom. The number of benzene rings is 2. The molecule has 28 heavy (non-hydrogen) atoms. The summed E-state index contributed by atoms with van der Waals surface area (Å²) in [6.07, 6.45) is 4.79. The molecule has 1 unspecified atom stereocenters. The molecule has 1 heterocycles. The van der Waals surface area contributed by atoms with Crippen LogP contribution in [0.1, 0.15) is 36.8 Å². The van der Waals surface area contributed by atoms with Gasteiger partial charge in [-0.2, -0.15) is 0 Å². The minimum absolute atomic E-state index is 0.172. The first kappa shape index (κ1) is 20.7. The summed E-state index contributed by atoms with van der Waals surface area (Å²) in [5, 5.41) is 3.63. The summed E-state index contributed by atoms with van der Waals surface area (Å²) in [7, 11) is 5.62. The van der Waals surface area contributed by atoms with Gasteiger partial charge in [0.15, 0.2) is 11.5 Å². The van der Waals surface area contributed by atoms with Crippen LogP contribution in [0.4, 0.5) is 0 Å². The van der Waals surface area contributed by atoms with E-state index in [0.29, 0.717) is 0 Å². The Hall–Kier alpha value is -2.04. The van der Waals surface area contributed by atoms with E-state index in [1.54, 1.807) is 14.2 Å². The van der Waals surface area contributed by atoms with Crippen LogP contribution in [0, 0.1) is 0 Å². The Morgan fingerprint density at radius 3 is 2.50 bits per heavy atom. The zero-order valence-corrected chi connectivity index (χ0v) is 17.5. The molecule has 2 aromatic carbocycles. The molecule has 0 saturated carbocycles. The molecule has 1 atom stereocenters. The maximum absolute atomic E-state index is 5.57. The number of rotatable bonds is 9. The molecule has 2 aromatic rings. The van der Waals surface area contributed by atoms with Crippen molar-refractivity contribution in [2.24, 2.45) is 0 Å². The van der Waals surface area contributed by atoms with Crippen LogP contribution in [0.3, 0.4) is 0 Å². The predicted octanol–water partition coefficient (Wildman–Crippen LogP) is 4.24. The van der Waals surface area contributed by atoms with Crippen LogP contribution in [0.5, 0.6) is 11.5 Å². The molecular weight excluding hydrogens is 348 g/mol. The van der Waals surface area contributed by atoms with Gasteiger partial charge in [0.05, 0.1) is 14.2 Å². The minimum atomic E-state index is 0.172. The normalized spacial score (nSPS) is 19.6. The van der Waals surface area contributed by atoms with Crippen molar-refractivity contribution in [3.05, 3.63) is 59.7 Å². The van der Waals surface area contributed by atoms with Crippen molar-refractivity contribution in [1.82, 2.24) is 10.2 Å². The van der Waals surface area contributed by atoms with Crippen molar-refractivity contribution in [3.63, 3.8) is 0 Å². The van der Waals surface area contributed by atoms with Gasteiger partial charge in [0.25, 0.3) is 0 Å². The number of nitrogens with zero attached hydrogens (tertiary/aromatic N) is 1. The zero-order chi connectivity index (χ0) is 19.8. The maximum atomic E-state index is 5.57. The Kier molecular flexibility index (Phi) is 7.35. The molecule has 0 bridgehead atoms.